The van der Waals surface area contributed by atoms with Crippen LogP contribution < -0.4 is 0 Å². The van der Waals surface area contributed by atoms with E-state index in [4.69, 9.17) is 18.9 Å². The highest BCUT2D eigenvalue weighted by atomic mass is 16.6. The van der Waals surface area contributed by atoms with Crippen molar-refractivity contribution in [3.63, 3.8) is 0 Å². The Balaban J connectivity index is 1.50. The van der Waals surface area contributed by atoms with Crippen LogP contribution in [0.1, 0.15) is 27.1 Å². The molecule has 0 aromatic heterocycles. The van der Waals surface area contributed by atoms with Gasteiger partial charge < -0.3 is 28.4 Å². The minimum atomic E-state index is -1.01. The van der Waals surface area contributed by atoms with Crippen LogP contribution in [0.2, 0.25) is 0 Å². The highest BCUT2D eigenvalue weighted by Gasteiger charge is 2.15. The molecular formula is C27H22N2O14. The highest BCUT2D eigenvalue weighted by Crippen LogP contribution is 2.14. The molecule has 0 aliphatic carbocycles. The van der Waals surface area contributed by atoms with Gasteiger partial charge in [0.25, 0.3) is 0 Å². The fourth-order valence-corrected chi connectivity index (χ4v) is 2.74. The van der Waals surface area contributed by atoms with E-state index in [2.05, 4.69) is 19.5 Å². The van der Waals surface area contributed by atoms with Gasteiger partial charge in [-0.3, -0.25) is 0 Å². The van der Waals surface area contributed by atoms with Gasteiger partial charge in [0.2, 0.25) is 12.2 Å². The Kier molecular flexibility index (Phi) is 14.2. The lowest BCUT2D eigenvalue weighted by Crippen LogP contribution is -2.22. The lowest BCUT2D eigenvalue weighted by molar-refractivity contribution is -0.162. The van der Waals surface area contributed by atoms with E-state index in [0.29, 0.717) is 0 Å². The van der Waals surface area contributed by atoms with Gasteiger partial charge in [-0.2, -0.15) is 9.98 Å². The fraction of sp³-hybridized carbons (Fsp3) is 0.259. The average Bonchev–Trinajstić information content (AvgIpc) is 3.01. The normalized spacial score (nSPS) is 9.67. The third-order valence-corrected chi connectivity index (χ3v) is 4.71. The van der Waals surface area contributed by atoms with E-state index < -0.39 is 62.2 Å². The number of isocyanates is 2. The van der Waals surface area contributed by atoms with Crippen molar-refractivity contribution in [2.45, 2.75) is 6.42 Å². The first kappa shape index (κ1) is 33.2. The second-order valence-electron chi connectivity index (χ2n) is 7.77. The van der Waals surface area contributed by atoms with E-state index in [-0.39, 0.29) is 42.1 Å². The van der Waals surface area contributed by atoms with Crippen molar-refractivity contribution in [2.75, 3.05) is 39.6 Å². The van der Waals surface area contributed by atoms with E-state index in [9.17, 15) is 38.4 Å². The molecule has 0 fully saturated rings. The Morgan fingerprint density at radius 2 is 0.814 bits per heavy atom. The number of carbonyl (C=O) groups is 6. The fourth-order valence-electron chi connectivity index (χ4n) is 2.74. The van der Waals surface area contributed by atoms with Gasteiger partial charge in [0.15, 0.2) is 26.4 Å². The number of nitrogens with zero attached hydrogens (tertiary/aromatic N) is 2. The molecule has 2 rings (SSSR count). The highest BCUT2D eigenvalue weighted by molar-refractivity contribution is 5.92. The van der Waals surface area contributed by atoms with Gasteiger partial charge in [0.1, 0.15) is 0 Å². The van der Waals surface area contributed by atoms with Crippen molar-refractivity contribution >= 4 is 59.4 Å². The average molecular weight is 598 g/mol. The summed E-state index contributed by atoms with van der Waals surface area (Å²) in [5.74, 6) is -5.53. The molecule has 0 atom stereocenters. The molecule has 16 nitrogen and oxygen atoms in total. The quantitative estimate of drug-likeness (QED) is 0.0872. The zero-order valence-electron chi connectivity index (χ0n) is 22.2. The summed E-state index contributed by atoms with van der Waals surface area (Å²) in [6.45, 7) is -3.43. The molecule has 0 bridgehead atoms. The molecule has 2 aromatic carbocycles. The van der Waals surface area contributed by atoms with Crippen molar-refractivity contribution in [2.24, 2.45) is 9.98 Å². The summed E-state index contributed by atoms with van der Waals surface area (Å²) < 4.78 is 28.4. The van der Waals surface area contributed by atoms with Crippen molar-refractivity contribution < 1.29 is 66.8 Å². The molecule has 2 aromatic rings. The summed E-state index contributed by atoms with van der Waals surface area (Å²) in [5.41, 5.74) is 0.721. The van der Waals surface area contributed by atoms with Crippen LogP contribution in [0.4, 0.5) is 11.4 Å². The molecule has 0 aliphatic rings. The molecule has 0 unspecified atom stereocenters. The van der Waals surface area contributed by atoms with Crippen molar-refractivity contribution in [1.29, 1.82) is 0 Å². The smallest absolute Gasteiger partial charge is 0.344 e. The molecular weight excluding hydrogens is 576 g/mol. The van der Waals surface area contributed by atoms with Crippen LogP contribution in [0.25, 0.3) is 0 Å². The van der Waals surface area contributed by atoms with Crippen LogP contribution in [0.15, 0.2) is 58.5 Å². The number of hydrogen-bond acceptors (Lipinski definition) is 16. The zero-order valence-corrected chi connectivity index (χ0v) is 22.2. The van der Waals surface area contributed by atoms with E-state index in [1.807, 2.05) is 0 Å². The van der Waals surface area contributed by atoms with Gasteiger partial charge >= 0.3 is 35.8 Å². The lowest BCUT2D eigenvalue weighted by Gasteiger charge is -2.08. The zero-order chi connectivity index (χ0) is 31.5. The standard InChI is InChI=1S/C27H22N2O14/c30-16-28-20-6-2-18(3-7-20)26(36)42-14-24(34)40-12-22(32)38-10-1-11-39-23(33)13-41-25(35)15-43-27(37)19-4-8-21(9-5-19)29-17-31/h2-9H,1,10-15H2. The number of esters is 6. The minimum Gasteiger partial charge on any atom is -0.463 e. The number of hydrogen-bond donors (Lipinski definition) is 0. The van der Waals surface area contributed by atoms with Crippen LogP contribution in [0, 0.1) is 0 Å². The van der Waals surface area contributed by atoms with Gasteiger partial charge in [-0.05, 0) is 48.5 Å². The first-order valence-corrected chi connectivity index (χ1v) is 12.0. The second-order valence-corrected chi connectivity index (χ2v) is 7.77. The number of ether oxygens (including phenoxy) is 6. The van der Waals surface area contributed by atoms with Crippen molar-refractivity contribution in [3.05, 3.63) is 59.7 Å². The first-order chi connectivity index (χ1) is 20.7. The summed E-state index contributed by atoms with van der Waals surface area (Å²) in [6.07, 6.45) is 2.76. The number of aliphatic imine (C=N–C) groups is 2. The Bertz CT molecular complexity index is 1300. The van der Waals surface area contributed by atoms with Gasteiger partial charge in [-0.25, -0.2) is 38.4 Å². The van der Waals surface area contributed by atoms with Crippen molar-refractivity contribution in [3.8, 4) is 0 Å². The molecule has 224 valence electrons. The molecule has 16 heteroatoms. The molecule has 0 saturated carbocycles. The Morgan fingerprint density at radius 3 is 1.16 bits per heavy atom. The van der Waals surface area contributed by atoms with Gasteiger partial charge in [0.05, 0.1) is 35.7 Å². The van der Waals surface area contributed by atoms with Gasteiger partial charge in [-0.15, -0.1) is 0 Å². The Morgan fingerprint density at radius 1 is 0.488 bits per heavy atom. The summed E-state index contributed by atoms with van der Waals surface area (Å²) in [5, 5.41) is 0. The summed E-state index contributed by atoms with van der Waals surface area (Å²) in [4.78, 5) is 97.5. The number of benzene rings is 2. The molecule has 0 aliphatic heterocycles. The third-order valence-electron chi connectivity index (χ3n) is 4.71. The predicted octanol–water partition coefficient (Wildman–Crippen LogP) is 1.20. The van der Waals surface area contributed by atoms with E-state index in [0.717, 1.165) is 0 Å². The summed E-state index contributed by atoms with van der Waals surface area (Å²) in [7, 11) is 0. The monoisotopic (exact) mass is 598 g/mol. The Hall–Kier alpha value is -5.98. The summed E-state index contributed by atoms with van der Waals surface area (Å²) in [6, 6.07) is 10.8. The van der Waals surface area contributed by atoms with Gasteiger partial charge in [0, 0.05) is 6.42 Å². The predicted molar refractivity (Wildman–Crippen MR) is 137 cm³/mol. The Labute approximate surface area is 242 Å². The molecule has 0 amide bonds. The number of carbonyl (C=O) groups excluding carboxylic acids is 8. The van der Waals surface area contributed by atoms with Crippen LogP contribution in [0.5, 0.6) is 0 Å². The maximum absolute atomic E-state index is 11.9. The largest absolute Gasteiger partial charge is 0.463 e. The molecule has 0 saturated heterocycles. The van der Waals surface area contributed by atoms with E-state index in [1.165, 1.54) is 60.7 Å². The van der Waals surface area contributed by atoms with Gasteiger partial charge in [-0.1, -0.05) is 0 Å². The van der Waals surface area contributed by atoms with E-state index >= 15 is 0 Å². The molecule has 0 heterocycles. The SMILES string of the molecule is O=C=Nc1ccc(C(=O)OCC(=O)OCC(=O)OCCCOC(=O)COC(=O)COC(=O)c2ccc(N=C=O)cc2)cc1. The summed E-state index contributed by atoms with van der Waals surface area (Å²) >= 11 is 0. The third kappa shape index (κ3) is 13.3. The molecule has 0 radical (unpaired) electrons. The minimum absolute atomic E-state index is 0.0719. The molecule has 0 spiro atoms. The molecule has 0 N–H and O–H groups in total. The van der Waals surface area contributed by atoms with Crippen molar-refractivity contribution in [1.82, 2.24) is 0 Å². The maximum atomic E-state index is 11.9. The van der Waals surface area contributed by atoms with E-state index in [1.54, 1.807) is 0 Å². The molecule has 43 heavy (non-hydrogen) atoms. The first-order valence-electron chi connectivity index (χ1n) is 12.0. The topological polar surface area (TPSA) is 217 Å². The number of rotatable bonds is 16. The maximum Gasteiger partial charge on any atom is 0.344 e. The second kappa shape index (κ2) is 18.4. The van der Waals surface area contributed by atoms with Crippen LogP contribution in [-0.2, 0) is 57.2 Å². The lowest BCUT2D eigenvalue weighted by atomic mass is 10.2. The van der Waals surface area contributed by atoms with Crippen LogP contribution in [0.3, 0.4) is 0 Å². The van der Waals surface area contributed by atoms with Crippen LogP contribution in [-0.4, -0.2) is 87.6 Å². The van der Waals surface area contributed by atoms with Crippen LogP contribution >= 0.6 is 0 Å².